The lowest BCUT2D eigenvalue weighted by atomic mass is 10.2. The standard InChI is InChI=1S/C9H9N.ClH/c1-3-8-4-6-9(10-2)7-5-8;/h1,4-7,10H,2H3;1H. The van der Waals surface area contributed by atoms with E-state index in [9.17, 15) is 0 Å². The van der Waals surface area contributed by atoms with Crippen LogP contribution in [0.15, 0.2) is 24.3 Å². The van der Waals surface area contributed by atoms with E-state index in [1.165, 1.54) is 0 Å². The molecule has 0 bridgehead atoms. The molecule has 0 aromatic heterocycles. The van der Waals surface area contributed by atoms with Gasteiger partial charge in [0.2, 0.25) is 0 Å². The topological polar surface area (TPSA) is 12.0 Å². The number of terminal acetylenes is 1. The molecule has 0 aliphatic heterocycles. The molecule has 1 aromatic rings. The Kier molecular flexibility index (Phi) is 4.17. The highest BCUT2D eigenvalue weighted by atomic mass is 35.5. The van der Waals surface area contributed by atoms with Gasteiger partial charge in [-0.25, -0.2) is 0 Å². The number of benzene rings is 1. The summed E-state index contributed by atoms with van der Waals surface area (Å²) in [7, 11) is 1.88. The molecule has 0 aliphatic carbocycles. The molecule has 0 unspecified atom stereocenters. The van der Waals surface area contributed by atoms with Crippen LogP contribution in [0.2, 0.25) is 0 Å². The number of hydrogen-bond acceptors (Lipinski definition) is 1. The summed E-state index contributed by atoms with van der Waals surface area (Å²) in [6.45, 7) is 0. The molecule has 0 heterocycles. The fourth-order valence-corrected chi connectivity index (χ4v) is 0.733. The zero-order valence-electron chi connectivity index (χ0n) is 6.29. The van der Waals surface area contributed by atoms with E-state index < -0.39 is 0 Å². The van der Waals surface area contributed by atoms with Gasteiger partial charge in [-0.05, 0) is 24.3 Å². The van der Waals surface area contributed by atoms with Crippen LogP contribution in [0.1, 0.15) is 5.56 Å². The Morgan fingerprint density at radius 3 is 2.18 bits per heavy atom. The van der Waals surface area contributed by atoms with Crippen LogP contribution in [0.4, 0.5) is 5.69 Å². The highest BCUT2D eigenvalue weighted by molar-refractivity contribution is 5.85. The molecule has 0 atom stereocenters. The minimum absolute atomic E-state index is 0. The Balaban J connectivity index is 0.000001000. The third kappa shape index (κ3) is 2.53. The van der Waals surface area contributed by atoms with Crippen molar-refractivity contribution < 1.29 is 0 Å². The zero-order valence-corrected chi connectivity index (χ0v) is 7.11. The van der Waals surface area contributed by atoms with Gasteiger partial charge in [-0.15, -0.1) is 18.8 Å². The maximum Gasteiger partial charge on any atom is 0.0338 e. The second-order valence-corrected chi connectivity index (χ2v) is 1.97. The number of rotatable bonds is 1. The van der Waals surface area contributed by atoms with Gasteiger partial charge in [0, 0.05) is 18.3 Å². The highest BCUT2D eigenvalue weighted by Crippen LogP contribution is 2.06. The van der Waals surface area contributed by atoms with Gasteiger partial charge in [0.05, 0.1) is 0 Å². The van der Waals surface area contributed by atoms with Crippen LogP contribution in [-0.4, -0.2) is 7.05 Å². The maximum atomic E-state index is 5.17. The Labute approximate surface area is 73.2 Å². The van der Waals surface area contributed by atoms with Gasteiger partial charge in [-0.3, -0.25) is 0 Å². The summed E-state index contributed by atoms with van der Waals surface area (Å²) in [6, 6.07) is 7.72. The van der Waals surface area contributed by atoms with E-state index in [4.69, 9.17) is 6.42 Å². The van der Waals surface area contributed by atoms with Crippen molar-refractivity contribution in [1.29, 1.82) is 0 Å². The molecule has 1 N–H and O–H groups in total. The van der Waals surface area contributed by atoms with Crippen LogP contribution in [-0.2, 0) is 0 Å². The van der Waals surface area contributed by atoms with Crippen molar-refractivity contribution in [2.24, 2.45) is 0 Å². The lowest BCUT2D eigenvalue weighted by Crippen LogP contribution is -1.86. The first-order valence-corrected chi connectivity index (χ1v) is 3.11. The summed E-state index contributed by atoms with van der Waals surface area (Å²) in [6.07, 6.45) is 5.17. The lowest BCUT2D eigenvalue weighted by Gasteiger charge is -1.97. The van der Waals surface area contributed by atoms with E-state index in [1.807, 2.05) is 31.3 Å². The van der Waals surface area contributed by atoms with E-state index in [-0.39, 0.29) is 12.4 Å². The third-order valence-corrected chi connectivity index (χ3v) is 1.34. The number of hydrogen-bond donors (Lipinski definition) is 1. The fourth-order valence-electron chi connectivity index (χ4n) is 0.733. The smallest absolute Gasteiger partial charge is 0.0338 e. The van der Waals surface area contributed by atoms with Crippen LogP contribution in [0.5, 0.6) is 0 Å². The van der Waals surface area contributed by atoms with Gasteiger partial charge in [0.15, 0.2) is 0 Å². The lowest BCUT2D eigenvalue weighted by molar-refractivity contribution is 1.50. The van der Waals surface area contributed by atoms with Crippen molar-refractivity contribution >= 4 is 18.1 Å². The first kappa shape index (κ1) is 9.87. The van der Waals surface area contributed by atoms with Crippen LogP contribution >= 0.6 is 12.4 Å². The molecular formula is C9H10ClN. The largest absolute Gasteiger partial charge is 0.388 e. The van der Waals surface area contributed by atoms with E-state index in [2.05, 4.69) is 11.2 Å². The number of anilines is 1. The maximum absolute atomic E-state index is 5.17. The molecule has 0 aliphatic rings. The van der Waals surface area contributed by atoms with Gasteiger partial charge >= 0.3 is 0 Å². The monoisotopic (exact) mass is 167 g/mol. The fraction of sp³-hybridized carbons (Fsp3) is 0.111. The summed E-state index contributed by atoms with van der Waals surface area (Å²) >= 11 is 0. The van der Waals surface area contributed by atoms with Gasteiger partial charge < -0.3 is 5.32 Å². The summed E-state index contributed by atoms with van der Waals surface area (Å²) in [5.74, 6) is 2.55. The van der Waals surface area contributed by atoms with Crippen molar-refractivity contribution in [1.82, 2.24) is 0 Å². The van der Waals surface area contributed by atoms with Gasteiger partial charge in [-0.2, -0.15) is 0 Å². The molecule has 0 saturated carbocycles. The van der Waals surface area contributed by atoms with E-state index in [0.29, 0.717) is 0 Å². The van der Waals surface area contributed by atoms with Crippen LogP contribution in [0.3, 0.4) is 0 Å². The normalized spacial score (nSPS) is 7.64. The molecule has 1 aromatic carbocycles. The highest BCUT2D eigenvalue weighted by Gasteiger charge is 1.86. The molecule has 0 amide bonds. The average molecular weight is 168 g/mol. The minimum Gasteiger partial charge on any atom is -0.388 e. The van der Waals surface area contributed by atoms with Gasteiger partial charge in [0.25, 0.3) is 0 Å². The van der Waals surface area contributed by atoms with Crippen molar-refractivity contribution in [3.05, 3.63) is 29.8 Å². The quantitative estimate of drug-likeness (QED) is 0.632. The van der Waals surface area contributed by atoms with Crippen molar-refractivity contribution in [2.75, 3.05) is 12.4 Å². The molecule has 11 heavy (non-hydrogen) atoms. The predicted molar refractivity (Wildman–Crippen MR) is 51.2 cm³/mol. The summed E-state index contributed by atoms with van der Waals surface area (Å²) in [5.41, 5.74) is 2.00. The van der Waals surface area contributed by atoms with E-state index >= 15 is 0 Å². The Hall–Kier alpha value is -1.13. The molecule has 2 heteroatoms. The zero-order chi connectivity index (χ0) is 7.40. The second-order valence-electron chi connectivity index (χ2n) is 1.97. The van der Waals surface area contributed by atoms with Crippen LogP contribution in [0, 0.1) is 12.3 Å². The molecule has 0 radical (unpaired) electrons. The third-order valence-electron chi connectivity index (χ3n) is 1.34. The van der Waals surface area contributed by atoms with Crippen molar-refractivity contribution in [3.63, 3.8) is 0 Å². The summed E-state index contributed by atoms with van der Waals surface area (Å²) in [5, 5.41) is 3.01. The molecule has 58 valence electrons. The molecule has 1 rings (SSSR count). The molecule has 1 nitrogen and oxygen atoms in total. The van der Waals surface area contributed by atoms with Crippen LogP contribution in [0.25, 0.3) is 0 Å². The number of halogens is 1. The molecular weight excluding hydrogens is 158 g/mol. The Morgan fingerprint density at radius 2 is 1.82 bits per heavy atom. The first-order valence-electron chi connectivity index (χ1n) is 3.11. The van der Waals surface area contributed by atoms with Crippen LogP contribution < -0.4 is 5.32 Å². The molecule has 0 fully saturated rings. The van der Waals surface area contributed by atoms with E-state index in [0.717, 1.165) is 11.3 Å². The Bertz CT molecular complexity index is 245. The van der Waals surface area contributed by atoms with E-state index in [1.54, 1.807) is 0 Å². The predicted octanol–water partition coefficient (Wildman–Crippen LogP) is 2.13. The summed E-state index contributed by atoms with van der Waals surface area (Å²) < 4.78 is 0. The van der Waals surface area contributed by atoms with Gasteiger partial charge in [-0.1, -0.05) is 5.92 Å². The molecule has 0 saturated heterocycles. The second kappa shape index (κ2) is 4.65. The summed E-state index contributed by atoms with van der Waals surface area (Å²) in [4.78, 5) is 0. The van der Waals surface area contributed by atoms with Crippen molar-refractivity contribution in [3.8, 4) is 12.3 Å². The van der Waals surface area contributed by atoms with Gasteiger partial charge in [0.1, 0.15) is 0 Å². The average Bonchev–Trinajstić information content (AvgIpc) is 2.05. The number of nitrogens with one attached hydrogen (secondary N) is 1. The molecule has 0 spiro atoms. The van der Waals surface area contributed by atoms with Crippen molar-refractivity contribution in [2.45, 2.75) is 0 Å². The minimum atomic E-state index is 0. The SMILES string of the molecule is C#Cc1ccc(NC)cc1.Cl. The first-order chi connectivity index (χ1) is 4.86. The Morgan fingerprint density at radius 1 is 1.27 bits per heavy atom.